The monoisotopic (exact) mass is 343 g/mol. The van der Waals surface area contributed by atoms with Crippen LogP contribution in [0.25, 0.3) is 5.65 Å². The Labute approximate surface area is 142 Å². The van der Waals surface area contributed by atoms with Crippen LogP contribution in [-0.2, 0) is 0 Å². The Morgan fingerprint density at radius 2 is 2.25 bits per heavy atom. The number of aromatic nitrogens is 4. The van der Waals surface area contributed by atoms with Crippen molar-refractivity contribution in [3.8, 4) is 0 Å². The van der Waals surface area contributed by atoms with E-state index < -0.39 is 0 Å². The molecule has 3 aromatic heterocycles. The summed E-state index contributed by atoms with van der Waals surface area (Å²) in [6, 6.07) is 1.78. The molecule has 1 N–H and O–H groups in total. The lowest BCUT2D eigenvalue weighted by molar-refractivity contribution is 0.0727. The van der Waals surface area contributed by atoms with Crippen molar-refractivity contribution in [3.63, 3.8) is 0 Å². The Kier molecular flexibility index (Phi) is 3.49. The molecule has 4 rings (SSSR count). The molecule has 1 atom stereocenters. The van der Waals surface area contributed by atoms with Crippen LogP contribution in [0, 0.1) is 13.8 Å². The van der Waals surface area contributed by atoms with Crippen molar-refractivity contribution < 1.29 is 4.79 Å². The van der Waals surface area contributed by atoms with Gasteiger partial charge in [-0.05, 0) is 26.7 Å². The maximum Gasteiger partial charge on any atom is 0.275 e. The minimum atomic E-state index is -0.0980. The van der Waals surface area contributed by atoms with Gasteiger partial charge in [-0.15, -0.1) is 11.3 Å². The van der Waals surface area contributed by atoms with E-state index in [9.17, 15) is 9.59 Å². The highest BCUT2D eigenvalue weighted by Crippen LogP contribution is 2.32. The molecule has 1 aliphatic heterocycles. The largest absolute Gasteiger partial charge is 0.329 e. The zero-order valence-corrected chi connectivity index (χ0v) is 14.3. The predicted octanol–water partition coefficient (Wildman–Crippen LogP) is 2.07. The fourth-order valence-corrected chi connectivity index (χ4v) is 3.73. The first-order valence-corrected chi connectivity index (χ1v) is 8.78. The minimum absolute atomic E-state index is 0.0647. The zero-order chi connectivity index (χ0) is 16.8. The molecule has 1 amide bonds. The van der Waals surface area contributed by atoms with E-state index in [0.717, 1.165) is 24.2 Å². The van der Waals surface area contributed by atoms with Gasteiger partial charge in [-0.3, -0.25) is 14.7 Å². The molecular weight excluding hydrogens is 326 g/mol. The minimum Gasteiger partial charge on any atom is -0.329 e. The highest BCUT2D eigenvalue weighted by Gasteiger charge is 2.32. The Balaban J connectivity index is 1.75. The van der Waals surface area contributed by atoms with Crippen LogP contribution in [0.5, 0.6) is 0 Å². The Bertz CT molecular complexity index is 972. The Morgan fingerprint density at radius 1 is 1.42 bits per heavy atom. The summed E-state index contributed by atoms with van der Waals surface area (Å²) in [5.74, 6) is -0.0647. The van der Waals surface area contributed by atoms with Gasteiger partial charge in [-0.1, -0.05) is 0 Å². The second-order valence-electron chi connectivity index (χ2n) is 6.06. The topological polar surface area (TPSA) is 83.4 Å². The number of nitrogens with one attached hydrogen (secondary N) is 1. The zero-order valence-electron chi connectivity index (χ0n) is 13.4. The van der Waals surface area contributed by atoms with Crippen molar-refractivity contribution in [1.82, 2.24) is 24.5 Å². The van der Waals surface area contributed by atoms with Crippen LogP contribution in [0.3, 0.4) is 0 Å². The molecule has 24 heavy (non-hydrogen) atoms. The third kappa shape index (κ3) is 2.25. The summed E-state index contributed by atoms with van der Waals surface area (Å²) in [6.45, 7) is 4.29. The van der Waals surface area contributed by atoms with Gasteiger partial charge < -0.3 is 4.90 Å². The van der Waals surface area contributed by atoms with Gasteiger partial charge in [0.05, 0.1) is 17.2 Å². The second kappa shape index (κ2) is 5.55. The molecule has 124 valence electrons. The normalized spacial score (nSPS) is 17.8. The number of carbonyl (C=O) groups excluding carboxylic acids is 1. The molecule has 0 saturated carbocycles. The molecule has 0 bridgehead atoms. The van der Waals surface area contributed by atoms with Crippen LogP contribution in [0.1, 0.15) is 46.3 Å². The molecule has 1 saturated heterocycles. The van der Waals surface area contributed by atoms with Crippen molar-refractivity contribution in [2.24, 2.45) is 0 Å². The number of fused-ring (bicyclic) bond motifs is 1. The van der Waals surface area contributed by atoms with E-state index in [1.54, 1.807) is 17.8 Å². The second-order valence-corrected chi connectivity index (χ2v) is 6.78. The van der Waals surface area contributed by atoms with Crippen LogP contribution in [0.2, 0.25) is 0 Å². The molecule has 0 aromatic carbocycles. The van der Waals surface area contributed by atoms with Gasteiger partial charge in [-0.2, -0.15) is 0 Å². The van der Waals surface area contributed by atoms with E-state index in [1.165, 1.54) is 15.9 Å². The maximum absolute atomic E-state index is 12.7. The summed E-state index contributed by atoms with van der Waals surface area (Å²) in [5, 5.41) is 4.90. The molecule has 4 heterocycles. The number of H-pyrrole nitrogens is 1. The average Bonchev–Trinajstić information content (AvgIpc) is 3.30. The highest BCUT2D eigenvalue weighted by atomic mass is 32.1. The summed E-state index contributed by atoms with van der Waals surface area (Å²) < 4.78 is 1.46. The highest BCUT2D eigenvalue weighted by molar-refractivity contribution is 7.07. The number of nitrogens with zero attached hydrogens (tertiary/aromatic N) is 4. The Morgan fingerprint density at radius 3 is 3.00 bits per heavy atom. The van der Waals surface area contributed by atoms with Crippen molar-refractivity contribution >= 4 is 22.9 Å². The van der Waals surface area contributed by atoms with Crippen molar-refractivity contribution in [1.29, 1.82) is 0 Å². The first-order valence-electron chi connectivity index (χ1n) is 7.84. The summed E-state index contributed by atoms with van der Waals surface area (Å²) in [4.78, 5) is 35.4. The Hall–Kier alpha value is -2.48. The van der Waals surface area contributed by atoms with Crippen LogP contribution >= 0.6 is 11.3 Å². The first kappa shape index (κ1) is 15.1. The summed E-state index contributed by atoms with van der Waals surface area (Å²) in [7, 11) is 0. The fourth-order valence-electron chi connectivity index (χ4n) is 3.21. The SMILES string of the molecule is Cc1nc2cc(C3CCCN3C(=O)c3cscn3)[nH]n2c(=O)c1C. The van der Waals surface area contributed by atoms with E-state index >= 15 is 0 Å². The molecule has 0 radical (unpaired) electrons. The molecular formula is C16H17N5O2S. The summed E-state index contributed by atoms with van der Waals surface area (Å²) >= 11 is 1.41. The number of aromatic amines is 1. The van der Waals surface area contributed by atoms with Gasteiger partial charge in [0.25, 0.3) is 11.5 Å². The summed E-state index contributed by atoms with van der Waals surface area (Å²) in [6.07, 6.45) is 1.78. The smallest absolute Gasteiger partial charge is 0.275 e. The number of hydrogen-bond acceptors (Lipinski definition) is 5. The standard InChI is InChI=1S/C16H17N5O2S/c1-9-10(2)18-14-6-11(19-21(14)15(9)22)13-4-3-5-20(13)16(23)12-7-24-8-17-12/h6-8,13,19H,3-5H2,1-2H3. The first-order chi connectivity index (χ1) is 11.6. The van der Waals surface area contributed by atoms with Gasteiger partial charge in [-0.25, -0.2) is 14.5 Å². The molecule has 8 heteroatoms. The number of aryl methyl sites for hydroxylation is 1. The van der Waals surface area contributed by atoms with E-state index in [0.29, 0.717) is 23.4 Å². The number of hydrogen-bond donors (Lipinski definition) is 1. The number of carbonyl (C=O) groups is 1. The number of amides is 1. The number of thiazole rings is 1. The van der Waals surface area contributed by atoms with E-state index in [2.05, 4.69) is 15.1 Å². The molecule has 3 aromatic rings. The maximum atomic E-state index is 12.7. The van der Waals surface area contributed by atoms with Gasteiger partial charge >= 0.3 is 0 Å². The molecule has 0 spiro atoms. The third-order valence-electron chi connectivity index (χ3n) is 4.63. The average molecular weight is 343 g/mol. The third-order valence-corrected chi connectivity index (χ3v) is 5.21. The van der Waals surface area contributed by atoms with Gasteiger partial charge in [0.1, 0.15) is 5.69 Å². The number of likely N-dealkylation sites (tertiary alicyclic amines) is 1. The van der Waals surface area contributed by atoms with E-state index in [1.807, 2.05) is 17.9 Å². The fraction of sp³-hybridized carbons (Fsp3) is 0.375. The quantitative estimate of drug-likeness (QED) is 0.772. The number of rotatable bonds is 2. The molecule has 7 nitrogen and oxygen atoms in total. The molecule has 1 aliphatic rings. The van der Waals surface area contributed by atoms with Gasteiger partial charge in [0.15, 0.2) is 5.65 Å². The van der Waals surface area contributed by atoms with Crippen LogP contribution < -0.4 is 5.56 Å². The predicted molar refractivity (Wildman–Crippen MR) is 90.4 cm³/mol. The lowest BCUT2D eigenvalue weighted by atomic mass is 10.1. The van der Waals surface area contributed by atoms with Crippen molar-refractivity contribution in [2.45, 2.75) is 32.7 Å². The van der Waals surface area contributed by atoms with Gasteiger partial charge in [0, 0.05) is 29.2 Å². The summed E-state index contributed by atoms with van der Waals surface area (Å²) in [5.41, 5.74) is 4.83. The van der Waals surface area contributed by atoms with E-state index in [4.69, 9.17) is 0 Å². The van der Waals surface area contributed by atoms with Crippen molar-refractivity contribution in [3.05, 3.63) is 50.0 Å². The van der Waals surface area contributed by atoms with Crippen LogP contribution in [0.15, 0.2) is 21.8 Å². The molecule has 0 aliphatic carbocycles. The molecule has 1 fully saturated rings. The van der Waals surface area contributed by atoms with Gasteiger partial charge in [0.2, 0.25) is 0 Å². The van der Waals surface area contributed by atoms with Crippen LogP contribution in [0.4, 0.5) is 0 Å². The lowest BCUT2D eigenvalue weighted by Crippen LogP contribution is -2.31. The molecule has 1 unspecified atom stereocenters. The van der Waals surface area contributed by atoms with E-state index in [-0.39, 0.29) is 17.5 Å². The van der Waals surface area contributed by atoms with Crippen LogP contribution in [-0.4, -0.2) is 36.9 Å². The lowest BCUT2D eigenvalue weighted by Gasteiger charge is -2.22. The van der Waals surface area contributed by atoms with Crippen molar-refractivity contribution in [2.75, 3.05) is 6.54 Å².